The fourth-order valence-corrected chi connectivity index (χ4v) is 0.826. The Morgan fingerprint density at radius 3 is 3.18 bits per heavy atom. The smallest absolute Gasteiger partial charge is 0.277 e. The van der Waals surface area contributed by atoms with Crippen LogP contribution in [0.1, 0.15) is 0 Å². The molecule has 0 bridgehead atoms. The van der Waals surface area contributed by atoms with Crippen molar-refractivity contribution in [3.63, 3.8) is 0 Å². The molecule has 0 saturated heterocycles. The summed E-state index contributed by atoms with van der Waals surface area (Å²) in [5.74, 6) is 0.208. The topological polar surface area (TPSA) is 75.9 Å². The third-order valence-corrected chi connectivity index (χ3v) is 1.41. The molecule has 0 fully saturated rings. The molecular weight excluding hydrogens is 170 g/mol. The normalized spacial score (nSPS) is 10.6. The maximum atomic E-state index is 11.0. The molecule has 0 unspecified atom stereocenters. The summed E-state index contributed by atoms with van der Waals surface area (Å²) in [6, 6.07) is 0. The first-order valence-corrected chi connectivity index (χ1v) is 3.11. The maximum Gasteiger partial charge on any atom is 0.311 e. The highest BCUT2D eigenvalue weighted by atomic mass is 35.5. The van der Waals surface area contributed by atoms with Crippen LogP contribution in [0.5, 0.6) is 0 Å². The van der Waals surface area contributed by atoms with Crippen molar-refractivity contribution in [3.8, 4) is 0 Å². The first-order chi connectivity index (χ1) is 5.29. The second-order valence-corrected chi connectivity index (χ2v) is 2.18. The van der Waals surface area contributed by atoms with Crippen LogP contribution in [0.15, 0.2) is 11.1 Å². The molecule has 0 spiro atoms. The van der Waals surface area contributed by atoms with E-state index in [1.807, 2.05) is 0 Å². The van der Waals surface area contributed by atoms with E-state index in [-0.39, 0.29) is 10.9 Å². The number of fused-ring (bicyclic) bond motifs is 1. The van der Waals surface area contributed by atoms with Crippen molar-refractivity contribution in [3.05, 3.63) is 21.8 Å². The number of hydrogen-bond acceptors (Lipinski definition) is 4. The van der Waals surface area contributed by atoms with Gasteiger partial charge in [0.1, 0.15) is 6.33 Å². The summed E-state index contributed by atoms with van der Waals surface area (Å²) in [6.45, 7) is 0. The summed E-state index contributed by atoms with van der Waals surface area (Å²) >= 11 is 5.39. The third kappa shape index (κ3) is 0.795. The van der Waals surface area contributed by atoms with Crippen molar-refractivity contribution >= 4 is 17.4 Å². The van der Waals surface area contributed by atoms with E-state index in [9.17, 15) is 4.79 Å². The van der Waals surface area contributed by atoms with Crippen LogP contribution in [0, 0.1) is 0 Å². The van der Waals surface area contributed by atoms with E-state index in [0.29, 0.717) is 0 Å². The molecule has 2 rings (SSSR count). The lowest BCUT2D eigenvalue weighted by Crippen LogP contribution is -2.16. The minimum Gasteiger partial charge on any atom is -0.277 e. The van der Waals surface area contributed by atoms with Crippen molar-refractivity contribution < 1.29 is 0 Å². The molecule has 1 N–H and O–H groups in total. The van der Waals surface area contributed by atoms with Crippen LogP contribution in [0.3, 0.4) is 0 Å². The molecule has 2 heterocycles. The summed E-state index contributed by atoms with van der Waals surface area (Å²) in [6.07, 6.45) is 1.34. The van der Waals surface area contributed by atoms with Gasteiger partial charge in [-0.05, 0) is 0 Å². The number of aromatic amines is 1. The minimum absolute atomic E-state index is 0.174. The fourth-order valence-electron chi connectivity index (χ4n) is 0.703. The maximum absolute atomic E-state index is 11.0. The Morgan fingerprint density at radius 1 is 1.55 bits per heavy atom. The number of hydrogen-bond donors (Lipinski definition) is 1. The van der Waals surface area contributed by atoms with Crippen LogP contribution in [-0.4, -0.2) is 24.8 Å². The summed E-state index contributed by atoms with van der Waals surface area (Å²) in [4.78, 5) is 14.7. The Morgan fingerprint density at radius 2 is 2.36 bits per heavy atom. The molecule has 0 saturated carbocycles. The largest absolute Gasteiger partial charge is 0.311 e. The molecule has 6 nitrogen and oxygen atoms in total. The third-order valence-electron chi connectivity index (χ3n) is 1.17. The van der Waals surface area contributed by atoms with Gasteiger partial charge < -0.3 is 0 Å². The van der Waals surface area contributed by atoms with Crippen molar-refractivity contribution in [1.82, 2.24) is 24.8 Å². The zero-order chi connectivity index (χ0) is 7.84. The summed E-state index contributed by atoms with van der Waals surface area (Å²) < 4.78 is 1.11. The Kier molecular flexibility index (Phi) is 1.16. The molecule has 11 heavy (non-hydrogen) atoms. The van der Waals surface area contributed by atoms with Gasteiger partial charge in [0.2, 0.25) is 5.15 Å². The van der Waals surface area contributed by atoms with E-state index in [0.717, 1.165) is 4.52 Å². The highest BCUT2D eigenvalue weighted by Gasteiger charge is 2.03. The average Bonchev–Trinajstić information content (AvgIpc) is 2.45. The molecule has 0 amide bonds. The van der Waals surface area contributed by atoms with E-state index in [1.165, 1.54) is 6.33 Å². The van der Waals surface area contributed by atoms with Crippen LogP contribution in [0.2, 0.25) is 5.15 Å². The second-order valence-electron chi connectivity index (χ2n) is 1.82. The Labute approximate surface area is 64.8 Å². The molecule has 0 aliphatic heterocycles. The second kappa shape index (κ2) is 2.03. The molecule has 56 valence electrons. The van der Waals surface area contributed by atoms with E-state index < -0.39 is 5.56 Å². The van der Waals surface area contributed by atoms with Gasteiger partial charge in [0.15, 0.2) is 0 Å². The minimum atomic E-state index is -0.450. The van der Waals surface area contributed by atoms with E-state index in [4.69, 9.17) is 11.6 Å². The van der Waals surface area contributed by atoms with Gasteiger partial charge >= 0.3 is 5.56 Å². The number of nitrogens with one attached hydrogen (secondary N) is 1. The van der Waals surface area contributed by atoms with Gasteiger partial charge in [0.25, 0.3) is 5.78 Å². The first-order valence-electron chi connectivity index (χ1n) is 2.73. The van der Waals surface area contributed by atoms with E-state index >= 15 is 0 Å². The quantitative estimate of drug-likeness (QED) is 0.578. The summed E-state index contributed by atoms with van der Waals surface area (Å²) in [5.41, 5.74) is -0.450. The SMILES string of the molecule is O=c1c(Cl)nnc2nc[nH]n12. The molecule has 0 aromatic carbocycles. The van der Waals surface area contributed by atoms with Gasteiger partial charge in [-0.15, -0.1) is 10.2 Å². The molecule has 2 aromatic heterocycles. The number of halogens is 1. The molecule has 0 aliphatic carbocycles. The van der Waals surface area contributed by atoms with Gasteiger partial charge in [-0.25, -0.2) is 0 Å². The molecule has 0 radical (unpaired) electrons. The lowest BCUT2D eigenvalue weighted by Gasteiger charge is -1.87. The Bertz CT molecular complexity index is 445. The van der Waals surface area contributed by atoms with Gasteiger partial charge in [-0.2, -0.15) is 9.50 Å². The molecule has 0 aliphatic rings. The van der Waals surface area contributed by atoms with Crippen LogP contribution < -0.4 is 5.56 Å². The standard InChI is InChI=1S/C4H2ClN5O/c5-2-3(11)10-4(9-8-2)6-1-7-10/h1H,(H,6,7,9). The van der Waals surface area contributed by atoms with Gasteiger partial charge in [0.05, 0.1) is 0 Å². The monoisotopic (exact) mass is 171 g/mol. The predicted molar refractivity (Wildman–Crippen MR) is 36.4 cm³/mol. The fraction of sp³-hybridized carbons (Fsp3) is 0. The Balaban J connectivity index is 3.05. The van der Waals surface area contributed by atoms with E-state index in [1.54, 1.807) is 0 Å². The van der Waals surface area contributed by atoms with Crippen molar-refractivity contribution in [1.29, 1.82) is 0 Å². The molecular formula is C4H2ClN5O. The van der Waals surface area contributed by atoms with Crippen LogP contribution in [0.4, 0.5) is 0 Å². The van der Waals surface area contributed by atoms with Crippen molar-refractivity contribution in [2.45, 2.75) is 0 Å². The zero-order valence-corrected chi connectivity index (χ0v) is 5.91. The molecule has 0 atom stereocenters. The highest BCUT2D eigenvalue weighted by molar-refractivity contribution is 6.29. The van der Waals surface area contributed by atoms with Crippen molar-refractivity contribution in [2.24, 2.45) is 0 Å². The van der Waals surface area contributed by atoms with Crippen LogP contribution in [0.25, 0.3) is 5.78 Å². The molecule has 2 aromatic rings. The number of nitrogens with zero attached hydrogens (tertiary/aromatic N) is 4. The summed E-state index contributed by atoms with van der Waals surface area (Å²) in [7, 11) is 0. The van der Waals surface area contributed by atoms with Crippen molar-refractivity contribution in [2.75, 3.05) is 0 Å². The summed E-state index contributed by atoms with van der Waals surface area (Å²) in [5, 5.41) is 9.28. The van der Waals surface area contributed by atoms with Crippen LogP contribution in [-0.2, 0) is 0 Å². The number of rotatable bonds is 0. The number of H-pyrrole nitrogens is 1. The lowest BCUT2D eigenvalue weighted by atomic mass is 10.8. The zero-order valence-electron chi connectivity index (χ0n) is 5.15. The van der Waals surface area contributed by atoms with Crippen LogP contribution >= 0.6 is 11.6 Å². The first kappa shape index (κ1) is 6.29. The van der Waals surface area contributed by atoms with Gasteiger partial charge in [0, 0.05) is 0 Å². The Hall–Kier alpha value is -1.43. The van der Waals surface area contributed by atoms with Gasteiger partial charge in [-0.3, -0.25) is 9.89 Å². The lowest BCUT2D eigenvalue weighted by molar-refractivity contribution is 0.850. The predicted octanol–water partition coefficient (Wildman–Crippen LogP) is -0.534. The average molecular weight is 172 g/mol. The van der Waals surface area contributed by atoms with E-state index in [2.05, 4.69) is 20.3 Å². The molecule has 7 heteroatoms. The van der Waals surface area contributed by atoms with Gasteiger partial charge in [-0.1, -0.05) is 11.6 Å². The highest BCUT2D eigenvalue weighted by Crippen LogP contribution is 1.92. The number of aromatic nitrogens is 5.